The second-order valence-corrected chi connectivity index (χ2v) is 9.15. The van der Waals surface area contributed by atoms with E-state index < -0.39 is 17.7 Å². The Labute approximate surface area is 201 Å². The standard InChI is InChI=1S/C25H25BrN4O3/c1-16-20(15-27-30(16)19-7-5-4-6-8-19)23(31)21-22(17-9-11-18(26)12-10-17)29(14-13-28(2)3)25(33)24(21)32/h4-12,15,22,31H,13-14H2,1-3H3/b23-21+/t22-/m0/s1. The van der Waals surface area contributed by atoms with Crippen LogP contribution in [-0.2, 0) is 9.59 Å². The van der Waals surface area contributed by atoms with E-state index in [0.29, 0.717) is 24.3 Å². The molecule has 4 rings (SSSR count). The minimum atomic E-state index is -0.689. The lowest BCUT2D eigenvalue weighted by Crippen LogP contribution is -2.35. The van der Waals surface area contributed by atoms with E-state index in [1.165, 1.54) is 11.1 Å². The molecule has 0 spiro atoms. The molecule has 170 valence electrons. The smallest absolute Gasteiger partial charge is 0.295 e. The summed E-state index contributed by atoms with van der Waals surface area (Å²) in [5.41, 5.74) is 2.77. The number of carbonyl (C=O) groups is 2. The third-order valence-corrected chi connectivity index (χ3v) is 6.31. The second kappa shape index (κ2) is 9.33. The summed E-state index contributed by atoms with van der Waals surface area (Å²) < 4.78 is 2.59. The van der Waals surface area contributed by atoms with Crippen LogP contribution in [0.1, 0.15) is 22.9 Å². The lowest BCUT2D eigenvalue weighted by Gasteiger charge is -2.26. The molecule has 0 saturated carbocycles. The number of hydrogen-bond donors (Lipinski definition) is 1. The summed E-state index contributed by atoms with van der Waals surface area (Å²) in [5.74, 6) is -1.52. The van der Waals surface area contributed by atoms with E-state index in [-0.39, 0.29) is 11.3 Å². The monoisotopic (exact) mass is 508 g/mol. The van der Waals surface area contributed by atoms with Crippen molar-refractivity contribution in [3.63, 3.8) is 0 Å². The lowest BCUT2D eigenvalue weighted by molar-refractivity contribution is -0.140. The van der Waals surface area contributed by atoms with Gasteiger partial charge in [0.1, 0.15) is 5.76 Å². The molecule has 1 saturated heterocycles. The molecule has 8 heteroatoms. The maximum Gasteiger partial charge on any atom is 0.295 e. The highest BCUT2D eigenvalue weighted by Crippen LogP contribution is 2.40. The summed E-state index contributed by atoms with van der Waals surface area (Å²) in [6.45, 7) is 2.77. The highest BCUT2D eigenvalue weighted by Gasteiger charge is 2.46. The summed E-state index contributed by atoms with van der Waals surface area (Å²) in [7, 11) is 3.82. The van der Waals surface area contributed by atoms with Gasteiger partial charge in [0.05, 0.1) is 34.8 Å². The quantitative estimate of drug-likeness (QED) is 0.310. The van der Waals surface area contributed by atoms with Crippen LogP contribution in [-0.4, -0.2) is 63.6 Å². The third-order valence-electron chi connectivity index (χ3n) is 5.78. The van der Waals surface area contributed by atoms with Crippen molar-refractivity contribution in [1.29, 1.82) is 0 Å². The third kappa shape index (κ3) is 4.36. The number of rotatable bonds is 6. The summed E-state index contributed by atoms with van der Waals surface area (Å²) in [6.07, 6.45) is 1.53. The Kier molecular flexibility index (Phi) is 6.49. The summed E-state index contributed by atoms with van der Waals surface area (Å²) in [4.78, 5) is 29.6. The van der Waals surface area contributed by atoms with E-state index in [2.05, 4.69) is 21.0 Å². The van der Waals surface area contributed by atoms with E-state index in [0.717, 1.165) is 15.7 Å². The number of carbonyl (C=O) groups excluding carboxylic acids is 2. The maximum atomic E-state index is 13.2. The predicted octanol–water partition coefficient (Wildman–Crippen LogP) is 3.93. The zero-order valence-electron chi connectivity index (χ0n) is 18.7. The van der Waals surface area contributed by atoms with Gasteiger partial charge in [-0.05, 0) is 50.8 Å². The highest BCUT2D eigenvalue weighted by atomic mass is 79.9. The van der Waals surface area contributed by atoms with E-state index >= 15 is 0 Å². The van der Waals surface area contributed by atoms with Crippen LogP contribution in [0.15, 0.2) is 70.8 Å². The largest absolute Gasteiger partial charge is 0.507 e. The normalized spacial score (nSPS) is 17.8. The average molecular weight is 509 g/mol. The Morgan fingerprint density at radius 2 is 1.76 bits per heavy atom. The van der Waals surface area contributed by atoms with E-state index in [4.69, 9.17) is 0 Å². The number of aliphatic hydroxyl groups is 1. The number of likely N-dealkylation sites (tertiary alicyclic amines) is 1. The Hall–Kier alpha value is -3.23. The Morgan fingerprint density at radius 3 is 2.39 bits per heavy atom. The van der Waals surface area contributed by atoms with Crippen LogP contribution < -0.4 is 0 Å². The molecule has 0 radical (unpaired) electrons. The Balaban J connectivity index is 1.84. The van der Waals surface area contributed by atoms with Crippen LogP contribution in [0, 0.1) is 6.92 Å². The van der Waals surface area contributed by atoms with Crippen LogP contribution in [0.2, 0.25) is 0 Å². The molecule has 1 N–H and O–H groups in total. The van der Waals surface area contributed by atoms with Crippen LogP contribution in [0.4, 0.5) is 0 Å². The van der Waals surface area contributed by atoms with Crippen molar-refractivity contribution in [3.05, 3.63) is 87.7 Å². The van der Waals surface area contributed by atoms with E-state index in [1.807, 2.05) is 80.5 Å². The van der Waals surface area contributed by atoms with Crippen LogP contribution in [0.3, 0.4) is 0 Å². The molecule has 1 atom stereocenters. The van der Waals surface area contributed by atoms with Crippen molar-refractivity contribution in [1.82, 2.24) is 19.6 Å². The zero-order chi connectivity index (χ0) is 23.7. The first-order valence-corrected chi connectivity index (χ1v) is 11.4. The van der Waals surface area contributed by atoms with Gasteiger partial charge in [-0.15, -0.1) is 0 Å². The van der Waals surface area contributed by atoms with Crippen molar-refractivity contribution in [2.75, 3.05) is 27.2 Å². The average Bonchev–Trinajstić information content (AvgIpc) is 3.30. The number of para-hydroxylation sites is 1. The first-order chi connectivity index (χ1) is 15.8. The fourth-order valence-electron chi connectivity index (χ4n) is 4.03. The van der Waals surface area contributed by atoms with Crippen molar-refractivity contribution in [2.45, 2.75) is 13.0 Å². The van der Waals surface area contributed by atoms with Gasteiger partial charge in [0.15, 0.2) is 0 Å². The van der Waals surface area contributed by atoms with Gasteiger partial charge in [-0.2, -0.15) is 5.10 Å². The van der Waals surface area contributed by atoms with Crippen LogP contribution in [0.5, 0.6) is 0 Å². The van der Waals surface area contributed by atoms with Crippen LogP contribution in [0.25, 0.3) is 11.4 Å². The minimum absolute atomic E-state index is 0.0804. The van der Waals surface area contributed by atoms with E-state index in [1.54, 1.807) is 4.68 Å². The number of Topliss-reactive ketones (excluding diaryl/α,β-unsaturated/α-hetero) is 1. The van der Waals surface area contributed by atoms with Gasteiger partial charge in [0.2, 0.25) is 0 Å². The van der Waals surface area contributed by atoms with Gasteiger partial charge in [-0.25, -0.2) is 4.68 Å². The van der Waals surface area contributed by atoms with Gasteiger partial charge in [-0.3, -0.25) is 9.59 Å². The molecule has 1 fully saturated rings. The molecule has 0 unspecified atom stereocenters. The van der Waals surface area contributed by atoms with Crippen molar-refractivity contribution in [2.24, 2.45) is 0 Å². The SMILES string of the molecule is Cc1c(/C(O)=C2\C(=O)C(=O)N(CCN(C)C)[C@H]2c2ccc(Br)cc2)cnn1-c1ccccc1. The predicted molar refractivity (Wildman–Crippen MR) is 130 cm³/mol. The summed E-state index contributed by atoms with van der Waals surface area (Å²) in [5, 5.41) is 15.7. The molecular formula is C25H25BrN4O3. The molecular weight excluding hydrogens is 484 g/mol. The number of aliphatic hydroxyl groups excluding tert-OH is 1. The first-order valence-electron chi connectivity index (χ1n) is 10.6. The number of ketones is 1. The van der Waals surface area contributed by atoms with Crippen LogP contribution >= 0.6 is 15.9 Å². The molecule has 7 nitrogen and oxygen atoms in total. The minimum Gasteiger partial charge on any atom is -0.507 e. The molecule has 0 bridgehead atoms. The van der Waals surface area contributed by atoms with Gasteiger partial charge in [0.25, 0.3) is 11.7 Å². The lowest BCUT2D eigenvalue weighted by atomic mass is 9.95. The van der Waals surface area contributed by atoms with Gasteiger partial charge >= 0.3 is 0 Å². The summed E-state index contributed by atoms with van der Waals surface area (Å²) in [6, 6.07) is 16.3. The Bertz CT molecular complexity index is 1220. The molecule has 1 aliphatic rings. The summed E-state index contributed by atoms with van der Waals surface area (Å²) >= 11 is 3.43. The number of nitrogens with zero attached hydrogens (tertiary/aromatic N) is 4. The van der Waals surface area contributed by atoms with Gasteiger partial charge in [0, 0.05) is 17.6 Å². The topological polar surface area (TPSA) is 78.7 Å². The maximum absolute atomic E-state index is 13.2. The molecule has 33 heavy (non-hydrogen) atoms. The zero-order valence-corrected chi connectivity index (χ0v) is 20.3. The van der Waals surface area contributed by atoms with Gasteiger partial charge < -0.3 is 14.9 Å². The fraction of sp³-hybridized carbons (Fsp3) is 0.240. The number of aromatic nitrogens is 2. The number of halogens is 1. The molecule has 3 aromatic rings. The molecule has 2 heterocycles. The second-order valence-electron chi connectivity index (χ2n) is 8.24. The number of amides is 1. The Morgan fingerprint density at radius 1 is 1.09 bits per heavy atom. The first kappa shape index (κ1) is 22.9. The molecule has 1 aliphatic heterocycles. The molecule has 1 aromatic heterocycles. The molecule has 2 aromatic carbocycles. The number of benzene rings is 2. The van der Waals surface area contributed by atoms with Crippen molar-refractivity contribution >= 4 is 33.4 Å². The van der Waals surface area contributed by atoms with Crippen molar-refractivity contribution < 1.29 is 14.7 Å². The fourth-order valence-corrected chi connectivity index (χ4v) is 4.29. The van der Waals surface area contributed by atoms with Gasteiger partial charge in [-0.1, -0.05) is 46.3 Å². The van der Waals surface area contributed by atoms with E-state index in [9.17, 15) is 14.7 Å². The highest BCUT2D eigenvalue weighted by molar-refractivity contribution is 9.10. The van der Waals surface area contributed by atoms with Crippen molar-refractivity contribution in [3.8, 4) is 5.69 Å². The number of hydrogen-bond acceptors (Lipinski definition) is 5. The molecule has 1 amide bonds. The molecule has 0 aliphatic carbocycles. The number of likely N-dealkylation sites (N-methyl/N-ethyl adjacent to an activating group) is 1.